The van der Waals surface area contributed by atoms with Crippen LogP contribution in [0.4, 0.5) is 0 Å². The normalized spacial score (nSPS) is 10.8. The van der Waals surface area contributed by atoms with Crippen molar-refractivity contribution in [2.75, 3.05) is 0 Å². The monoisotopic (exact) mass is 335 g/mol. The number of hydrogen-bond acceptors (Lipinski definition) is 3. The van der Waals surface area contributed by atoms with Crippen LogP contribution in [0.5, 0.6) is 0 Å². The number of nitrogens with one attached hydrogen (secondary N) is 2. The fourth-order valence-corrected chi connectivity index (χ4v) is 2.79. The number of benzene rings is 1. The van der Waals surface area contributed by atoms with Crippen molar-refractivity contribution in [1.29, 1.82) is 0 Å². The molecule has 1 aromatic carbocycles. The number of aromatic amines is 1. The summed E-state index contributed by atoms with van der Waals surface area (Å²) in [5, 5.41) is 3.86. The molecule has 0 aliphatic heterocycles. The molecule has 0 aliphatic rings. The number of hydrogen-bond donors (Lipinski definition) is 2. The third kappa shape index (κ3) is 3.94. The highest BCUT2D eigenvalue weighted by molar-refractivity contribution is 5.83. The smallest absolute Gasteiger partial charge is 0.251 e. The molecular weight excluding hydrogens is 314 g/mol. The summed E-state index contributed by atoms with van der Waals surface area (Å²) in [5.74, 6) is -0.0728. The summed E-state index contributed by atoms with van der Waals surface area (Å²) in [6, 6.07) is 9.65. The Bertz CT molecular complexity index is 962. The van der Waals surface area contributed by atoms with Crippen LogP contribution in [0.2, 0.25) is 0 Å². The van der Waals surface area contributed by atoms with Crippen molar-refractivity contribution < 1.29 is 4.79 Å². The van der Waals surface area contributed by atoms with E-state index >= 15 is 0 Å². The van der Waals surface area contributed by atoms with E-state index in [4.69, 9.17) is 0 Å². The first-order chi connectivity index (χ1) is 12.0. The van der Waals surface area contributed by atoms with Crippen LogP contribution < -0.4 is 10.9 Å². The number of carbonyl (C=O) groups is 1. The lowest BCUT2D eigenvalue weighted by Crippen LogP contribution is -2.24. The van der Waals surface area contributed by atoms with Crippen LogP contribution >= 0.6 is 0 Å². The molecule has 3 aromatic rings. The summed E-state index contributed by atoms with van der Waals surface area (Å²) in [5.41, 5.74) is 4.61. The number of H-pyrrole nitrogens is 1. The maximum atomic E-state index is 12.3. The number of carbonyl (C=O) groups excluding carboxylic acids is 1. The van der Waals surface area contributed by atoms with Crippen molar-refractivity contribution in [2.24, 2.45) is 0 Å². The van der Waals surface area contributed by atoms with Gasteiger partial charge in [-0.05, 0) is 60.5 Å². The molecular formula is C20H21N3O2. The van der Waals surface area contributed by atoms with Gasteiger partial charge in [0, 0.05) is 30.9 Å². The van der Waals surface area contributed by atoms with E-state index in [2.05, 4.69) is 15.3 Å². The molecule has 3 rings (SSSR count). The lowest BCUT2D eigenvalue weighted by Gasteiger charge is -2.08. The first-order valence-corrected chi connectivity index (χ1v) is 8.32. The topological polar surface area (TPSA) is 74.8 Å². The van der Waals surface area contributed by atoms with E-state index in [0.29, 0.717) is 18.5 Å². The van der Waals surface area contributed by atoms with Crippen molar-refractivity contribution in [3.63, 3.8) is 0 Å². The third-order valence-corrected chi connectivity index (χ3v) is 4.49. The average Bonchev–Trinajstić information content (AvgIpc) is 2.63. The zero-order valence-corrected chi connectivity index (χ0v) is 14.4. The molecule has 0 aliphatic carbocycles. The summed E-state index contributed by atoms with van der Waals surface area (Å²) in [4.78, 5) is 31.2. The highest BCUT2D eigenvalue weighted by atomic mass is 16.1. The maximum absolute atomic E-state index is 12.3. The van der Waals surface area contributed by atoms with Gasteiger partial charge in [-0.1, -0.05) is 12.1 Å². The molecule has 0 fully saturated rings. The van der Waals surface area contributed by atoms with Gasteiger partial charge in [-0.25, -0.2) is 0 Å². The molecule has 2 N–H and O–H groups in total. The summed E-state index contributed by atoms with van der Waals surface area (Å²) in [6.07, 6.45) is 4.09. The van der Waals surface area contributed by atoms with Crippen LogP contribution in [0.3, 0.4) is 0 Å². The molecule has 25 heavy (non-hydrogen) atoms. The van der Waals surface area contributed by atoms with Gasteiger partial charge in [0.1, 0.15) is 0 Å². The van der Waals surface area contributed by atoms with E-state index < -0.39 is 0 Å². The van der Waals surface area contributed by atoms with Crippen LogP contribution in [0.15, 0.2) is 47.5 Å². The van der Waals surface area contributed by atoms with E-state index in [1.54, 1.807) is 12.4 Å². The van der Waals surface area contributed by atoms with Crippen molar-refractivity contribution in [2.45, 2.75) is 33.2 Å². The molecule has 2 aromatic heterocycles. The summed E-state index contributed by atoms with van der Waals surface area (Å²) in [7, 11) is 0. The Morgan fingerprint density at radius 2 is 1.92 bits per heavy atom. The molecule has 0 radical (unpaired) electrons. The molecule has 0 saturated carbocycles. The fourth-order valence-electron chi connectivity index (χ4n) is 2.79. The number of pyridine rings is 2. The quantitative estimate of drug-likeness (QED) is 0.753. The minimum absolute atomic E-state index is 0.0728. The number of aryl methyl sites for hydroxylation is 3. The van der Waals surface area contributed by atoms with E-state index in [1.807, 2.05) is 44.2 Å². The fraction of sp³-hybridized carbons (Fsp3) is 0.250. The largest absolute Gasteiger partial charge is 0.352 e. The predicted octanol–water partition coefficient (Wildman–Crippen LogP) is 2.79. The molecule has 5 heteroatoms. The second kappa shape index (κ2) is 7.30. The van der Waals surface area contributed by atoms with Gasteiger partial charge < -0.3 is 10.3 Å². The molecule has 0 unspecified atom stereocenters. The van der Waals surface area contributed by atoms with E-state index in [9.17, 15) is 9.59 Å². The lowest BCUT2D eigenvalue weighted by atomic mass is 10.0. The molecule has 128 valence electrons. The van der Waals surface area contributed by atoms with E-state index in [-0.39, 0.29) is 17.9 Å². The zero-order chi connectivity index (χ0) is 17.8. The number of amides is 1. The Morgan fingerprint density at radius 1 is 1.16 bits per heavy atom. The highest BCUT2D eigenvalue weighted by Crippen LogP contribution is 2.19. The first kappa shape index (κ1) is 16.9. The molecule has 5 nitrogen and oxygen atoms in total. The van der Waals surface area contributed by atoms with Crippen molar-refractivity contribution in [1.82, 2.24) is 15.3 Å². The second-order valence-electron chi connectivity index (χ2n) is 6.23. The molecule has 0 spiro atoms. The number of nitrogens with zero attached hydrogens (tertiary/aromatic N) is 1. The van der Waals surface area contributed by atoms with E-state index in [0.717, 1.165) is 27.6 Å². The number of aromatic nitrogens is 2. The summed E-state index contributed by atoms with van der Waals surface area (Å²) >= 11 is 0. The lowest BCUT2D eigenvalue weighted by molar-refractivity contribution is -0.121. The second-order valence-corrected chi connectivity index (χ2v) is 6.23. The van der Waals surface area contributed by atoms with Crippen molar-refractivity contribution in [3.05, 3.63) is 75.3 Å². The van der Waals surface area contributed by atoms with Gasteiger partial charge in [-0.2, -0.15) is 0 Å². The van der Waals surface area contributed by atoms with Crippen LogP contribution in [0, 0.1) is 13.8 Å². The van der Waals surface area contributed by atoms with Crippen LogP contribution in [0.25, 0.3) is 10.9 Å². The zero-order valence-electron chi connectivity index (χ0n) is 14.4. The Hall–Kier alpha value is -2.95. The van der Waals surface area contributed by atoms with Gasteiger partial charge in [0.25, 0.3) is 5.56 Å². The standard InChI is InChI=1S/C20H21N3O2/c1-13-3-4-16-11-17(20(25)23-19(16)14(13)2)5-6-18(24)22-12-15-7-9-21-10-8-15/h3-4,7-11H,5-6,12H2,1-2H3,(H,22,24)(H,23,25). The Labute approximate surface area is 146 Å². The van der Waals surface area contributed by atoms with Crippen molar-refractivity contribution in [3.8, 4) is 0 Å². The number of fused-ring (bicyclic) bond motifs is 1. The first-order valence-electron chi connectivity index (χ1n) is 8.32. The minimum atomic E-state index is -0.122. The van der Waals surface area contributed by atoms with Gasteiger partial charge >= 0.3 is 0 Å². The number of rotatable bonds is 5. The minimum Gasteiger partial charge on any atom is -0.352 e. The molecule has 2 heterocycles. The average molecular weight is 335 g/mol. The molecule has 0 bridgehead atoms. The van der Waals surface area contributed by atoms with Crippen LogP contribution in [-0.4, -0.2) is 15.9 Å². The van der Waals surface area contributed by atoms with E-state index in [1.165, 1.54) is 0 Å². The Kier molecular flexibility index (Phi) is 4.93. The van der Waals surface area contributed by atoms with Crippen LogP contribution in [-0.2, 0) is 17.8 Å². The predicted molar refractivity (Wildman–Crippen MR) is 98.4 cm³/mol. The van der Waals surface area contributed by atoms with Crippen LogP contribution in [0.1, 0.15) is 28.7 Å². The van der Waals surface area contributed by atoms with Gasteiger partial charge in [-0.15, -0.1) is 0 Å². The third-order valence-electron chi connectivity index (χ3n) is 4.49. The summed E-state index contributed by atoms with van der Waals surface area (Å²) in [6.45, 7) is 4.49. The van der Waals surface area contributed by atoms with Gasteiger partial charge in [0.05, 0.1) is 5.52 Å². The SMILES string of the molecule is Cc1ccc2cc(CCC(=O)NCc3ccncc3)c(=O)[nH]c2c1C. The Morgan fingerprint density at radius 3 is 2.68 bits per heavy atom. The molecule has 0 atom stereocenters. The molecule has 0 saturated heterocycles. The van der Waals surface area contributed by atoms with Crippen molar-refractivity contribution >= 4 is 16.8 Å². The Balaban J connectivity index is 1.67. The maximum Gasteiger partial charge on any atom is 0.251 e. The van der Waals surface area contributed by atoms with Gasteiger partial charge in [-0.3, -0.25) is 14.6 Å². The van der Waals surface area contributed by atoms with Gasteiger partial charge in [0.15, 0.2) is 0 Å². The highest BCUT2D eigenvalue weighted by Gasteiger charge is 2.09. The van der Waals surface area contributed by atoms with Gasteiger partial charge in [0.2, 0.25) is 5.91 Å². The molecule has 1 amide bonds. The summed E-state index contributed by atoms with van der Waals surface area (Å²) < 4.78 is 0.